The van der Waals surface area contributed by atoms with Crippen LogP contribution in [-0.2, 0) is 11.3 Å². The normalized spacial score (nSPS) is 12.1. The lowest BCUT2D eigenvalue weighted by molar-refractivity contribution is 0.0650. The van der Waals surface area contributed by atoms with Crippen LogP contribution in [0.1, 0.15) is 38.2 Å². The van der Waals surface area contributed by atoms with E-state index in [1.807, 2.05) is 30.3 Å². The molecule has 0 N–H and O–H groups in total. The van der Waals surface area contributed by atoms with E-state index in [1.165, 1.54) is 19.3 Å². The molecule has 0 aromatic heterocycles. The van der Waals surface area contributed by atoms with Crippen LogP contribution in [0.2, 0.25) is 0 Å². The molecule has 1 aromatic rings. The molecule has 1 atom stereocenters. The fourth-order valence-electron chi connectivity index (χ4n) is 1.79. The lowest BCUT2D eigenvalue weighted by atomic mass is 10.1. The molecule has 0 aliphatic rings. The van der Waals surface area contributed by atoms with Crippen molar-refractivity contribution in [3.8, 4) is 5.75 Å². The van der Waals surface area contributed by atoms with E-state index >= 15 is 0 Å². The van der Waals surface area contributed by atoms with E-state index in [0.29, 0.717) is 6.61 Å². The summed E-state index contributed by atoms with van der Waals surface area (Å²) in [5, 5.41) is 0. The Labute approximate surface area is 111 Å². The molecule has 0 aliphatic heterocycles. The smallest absolute Gasteiger partial charge is 0.118 e. The number of methoxy groups -OCH3 is 1. The van der Waals surface area contributed by atoms with Gasteiger partial charge in [-0.25, -0.2) is 0 Å². The maximum absolute atomic E-state index is 5.84. The first-order valence-corrected chi connectivity index (χ1v) is 6.67. The number of hydrogen-bond donors (Lipinski definition) is 0. The van der Waals surface area contributed by atoms with Gasteiger partial charge in [0.1, 0.15) is 5.75 Å². The van der Waals surface area contributed by atoms with E-state index in [4.69, 9.17) is 9.47 Å². The first-order chi connectivity index (χ1) is 8.80. The van der Waals surface area contributed by atoms with Gasteiger partial charge >= 0.3 is 0 Å². The summed E-state index contributed by atoms with van der Waals surface area (Å²) in [7, 11) is 1.67. The topological polar surface area (TPSA) is 18.5 Å². The molecule has 0 amide bonds. The largest absolute Gasteiger partial charge is 0.497 e. The lowest BCUT2D eigenvalue weighted by Crippen LogP contribution is -2.09. The molecule has 0 radical (unpaired) electrons. The molecule has 2 heteroatoms. The van der Waals surface area contributed by atoms with Crippen LogP contribution in [0.3, 0.4) is 0 Å². The molecule has 1 rings (SSSR count). The molecule has 0 fully saturated rings. The van der Waals surface area contributed by atoms with E-state index in [9.17, 15) is 0 Å². The zero-order valence-electron chi connectivity index (χ0n) is 11.5. The molecule has 1 aromatic carbocycles. The molecule has 0 spiro atoms. The monoisotopic (exact) mass is 248 g/mol. The van der Waals surface area contributed by atoms with E-state index in [2.05, 4.69) is 13.5 Å². The SMILES string of the molecule is C=C[C@@H](CCCCC)OCc1ccc(OC)cc1. The highest BCUT2D eigenvalue weighted by Crippen LogP contribution is 2.14. The highest BCUT2D eigenvalue weighted by atomic mass is 16.5. The van der Waals surface area contributed by atoms with Crippen LogP contribution < -0.4 is 4.74 Å². The zero-order chi connectivity index (χ0) is 13.2. The summed E-state index contributed by atoms with van der Waals surface area (Å²) in [6.45, 7) is 6.68. The Balaban J connectivity index is 2.34. The van der Waals surface area contributed by atoms with Gasteiger partial charge in [-0.15, -0.1) is 6.58 Å². The minimum Gasteiger partial charge on any atom is -0.497 e. The third-order valence-electron chi connectivity index (χ3n) is 2.98. The summed E-state index contributed by atoms with van der Waals surface area (Å²) in [5.74, 6) is 0.877. The zero-order valence-corrected chi connectivity index (χ0v) is 11.5. The summed E-state index contributed by atoms with van der Waals surface area (Å²) in [6, 6.07) is 7.98. The Morgan fingerprint density at radius 3 is 2.50 bits per heavy atom. The molecule has 0 bridgehead atoms. The molecule has 0 saturated heterocycles. The molecule has 18 heavy (non-hydrogen) atoms. The predicted molar refractivity (Wildman–Crippen MR) is 75.9 cm³/mol. The Morgan fingerprint density at radius 1 is 1.22 bits per heavy atom. The quantitative estimate of drug-likeness (QED) is 0.478. The van der Waals surface area contributed by atoms with Crippen molar-refractivity contribution in [2.24, 2.45) is 0 Å². The molecule has 2 nitrogen and oxygen atoms in total. The van der Waals surface area contributed by atoms with E-state index in [-0.39, 0.29) is 6.10 Å². The van der Waals surface area contributed by atoms with Crippen LogP contribution in [0.5, 0.6) is 5.75 Å². The molecular weight excluding hydrogens is 224 g/mol. The van der Waals surface area contributed by atoms with Crippen molar-refractivity contribution < 1.29 is 9.47 Å². The Hall–Kier alpha value is -1.28. The summed E-state index contributed by atoms with van der Waals surface area (Å²) < 4.78 is 11.0. The third-order valence-corrected chi connectivity index (χ3v) is 2.98. The van der Waals surface area contributed by atoms with Crippen molar-refractivity contribution in [2.75, 3.05) is 7.11 Å². The molecular formula is C16H24O2. The van der Waals surface area contributed by atoms with Gasteiger partial charge in [0, 0.05) is 0 Å². The van der Waals surface area contributed by atoms with Gasteiger partial charge in [-0.05, 0) is 24.1 Å². The number of benzene rings is 1. The summed E-state index contributed by atoms with van der Waals surface area (Å²) in [5.41, 5.74) is 1.16. The van der Waals surface area contributed by atoms with Crippen LogP contribution in [-0.4, -0.2) is 13.2 Å². The number of ether oxygens (including phenoxy) is 2. The second kappa shape index (κ2) is 8.76. The highest BCUT2D eigenvalue weighted by molar-refractivity contribution is 5.26. The van der Waals surface area contributed by atoms with Crippen LogP contribution >= 0.6 is 0 Å². The van der Waals surface area contributed by atoms with E-state index < -0.39 is 0 Å². The lowest BCUT2D eigenvalue weighted by Gasteiger charge is -2.14. The molecule has 100 valence electrons. The van der Waals surface area contributed by atoms with Crippen LogP contribution in [0, 0.1) is 0 Å². The minimum absolute atomic E-state index is 0.165. The van der Waals surface area contributed by atoms with Crippen LogP contribution in [0.15, 0.2) is 36.9 Å². The van der Waals surface area contributed by atoms with Crippen molar-refractivity contribution in [1.82, 2.24) is 0 Å². The standard InChI is InChI=1S/C16H24O2/c1-4-6-7-8-15(5-2)18-13-14-9-11-16(17-3)12-10-14/h5,9-12,15H,2,4,6-8,13H2,1,3H3/t15-/m0/s1. The summed E-state index contributed by atoms with van der Waals surface area (Å²) in [6.07, 6.45) is 6.83. The average molecular weight is 248 g/mol. The van der Waals surface area contributed by atoms with Crippen LogP contribution in [0.25, 0.3) is 0 Å². The van der Waals surface area contributed by atoms with Crippen molar-refractivity contribution in [1.29, 1.82) is 0 Å². The maximum Gasteiger partial charge on any atom is 0.118 e. The fourth-order valence-corrected chi connectivity index (χ4v) is 1.79. The second-order valence-corrected chi connectivity index (χ2v) is 4.43. The molecule has 0 unspecified atom stereocenters. The van der Waals surface area contributed by atoms with Crippen molar-refractivity contribution in [2.45, 2.75) is 45.3 Å². The predicted octanol–water partition coefficient (Wildman–Crippen LogP) is 4.35. The summed E-state index contributed by atoms with van der Waals surface area (Å²) >= 11 is 0. The highest BCUT2D eigenvalue weighted by Gasteiger charge is 2.04. The van der Waals surface area contributed by atoms with Gasteiger partial charge in [0.25, 0.3) is 0 Å². The molecule has 0 aliphatic carbocycles. The van der Waals surface area contributed by atoms with E-state index in [1.54, 1.807) is 7.11 Å². The first kappa shape index (κ1) is 14.8. The van der Waals surface area contributed by atoms with Crippen molar-refractivity contribution in [3.63, 3.8) is 0 Å². The summed E-state index contributed by atoms with van der Waals surface area (Å²) in [4.78, 5) is 0. The minimum atomic E-state index is 0.165. The average Bonchev–Trinajstić information content (AvgIpc) is 2.43. The van der Waals surface area contributed by atoms with Gasteiger partial charge in [-0.3, -0.25) is 0 Å². The molecule has 0 saturated carbocycles. The first-order valence-electron chi connectivity index (χ1n) is 6.67. The Kier molecular flexibility index (Phi) is 7.19. The Morgan fingerprint density at radius 2 is 1.94 bits per heavy atom. The number of unbranched alkanes of at least 4 members (excludes halogenated alkanes) is 2. The third kappa shape index (κ3) is 5.37. The van der Waals surface area contributed by atoms with E-state index in [0.717, 1.165) is 17.7 Å². The second-order valence-electron chi connectivity index (χ2n) is 4.43. The van der Waals surface area contributed by atoms with Crippen molar-refractivity contribution in [3.05, 3.63) is 42.5 Å². The Bertz CT molecular complexity index is 329. The van der Waals surface area contributed by atoms with Gasteiger partial charge < -0.3 is 9.47 Å². The van der Waals surface area contributed by atoms with Crippen LogP contribution in [0.4, 0.5) is 0 Å². The van der Waals surface area contributed by atoms with Gasteiger partial charge in [0.05, 0.1) is 19.8 Å². The van der Waals surface area contributed by atoms with Gasteiger partial charge in [-0.2, -0.15) is 0 Å². The van der Waals surface area contributed by atoms with Gasteiger partial charge in [-0.1, -0.05) is 44.4 Å². The number of rotatable bonds is 9. The fraction of sp³-hybridized carbons (Fsp3) is 0.500. The molecule has 0 heterocycles. The van der Waals surface area contributed by atoms with Gasteiger partial charge in [0.2, 0.25) is 0 Å². The van der Waals surface area contributed by atoms with Crippen molar-refractivity contribution >= 4 is 0 Å². The van der Waals surface area contributed by atoms with Gasteiger partial charge in [0.15, 0.2) is 0 Å². The maximum atomic E-state index is 5.84. The number of hydrogen-bond acceptors (Lipinski definition) is 2.